The van der Waals surface area contributed by atoms with Crippen LogP contribution in [0.4, 0.5) is 0 Å². The van der Waals surface area contributed by atoms with Gasteiger partial charge in [0.25, 0.3) is 11.7 Å². The van der Waals surface area contributed by atoms with Gasteiger partial charge in [0.1, 0.15) is 18.1 Å². The van der Waals surface area contributed by atoms with E-state index >= 15 is 0 Å². The number of aliphatic hydroxyl groups excluding tert-OH is 1. The molecule has 1 atom stereocenters. The number of aliphatic hydroxyl groups is 1. The molecule has 1 saturated heterocycles. The summed E-state index contributed by atoms with van der Waals surface area (Å²) < 4.78 is 5.55. The maximum atomic E-state index is 13.0. The molecular formula is C27H29NO4. The summed E-state index contributed by atoms with van der Waals surface area (Å²) in [5.41, 5.74) is 3.21. The van der Waals surface area contributed by atoms with Crippen molar-refractivity contribution in [3.8, 4) is 5.75 Å². The molecule has 0 saturated carbocycles. The Balaban J connectivity index is 2.13. The first-order valence-electron chi connectivity index (χ1n) is 10.6. The van der Waals surface area contributed by atoms with Crippen LogP contribution >= 0.6 is 0 Å². The molecule has 0 radical (unpaired) electrons. The minimum atomic E-state index is -0.700. The number of rotatable bonds is 8. The summed E-state index contributed by atoms with van der Waals surface area (Å²) >= 11 is 0. The number of hydrogen-bond acceptors (Lipinski definition) is 4. The van der Waals surface area contributed by atoms with Crippen LogP contribution in [-0.4, -0.2) is 34.8 Å². The number of amides is 1. The number of ketones is 1. The summed E-state index contributed by atoms with van der Waals surface area (Å²) in [5, 5.41) is 11.2. The monoisotopic (exact) mass is 431 g/mol. The summed E-state index contributed by atoms with van der Waals surface area (Å²) in [4.78, 5) is 27.3. The molecule has 1 heterocycles. The summed E-state index contributed by atoms with van der Waals surface area (Å²) in [7, 11) is 0. The molecule has 0 aliphatic carbocycles. The minimum absolute atomic E-state index is 0.0806. The van der Waals surface area contributed by atoms with Gasteiger partial charge in [0.2, 0.25) is 0 Å². The first-order valence-corrected chi connectivity index (χ1v) is 10.6. The molecule has 1 N–H and O–H groups in total. The first kappa shape index (κ1) is 23.1. The smallest absolute Gasteiger partial charge is 0.295 e. The van der Waals surface area contributed by atoms with Crippen molar-refractivity contribution in [2.45, 2.75) is 32.7 Å². The Kier molecular flexibility index (Phi) is 6.98. The van der Waals surface area contributed by atoms with E-state index in [-0.39, 0.29) is 17.9 Å². The molecular weight excluding hydrogens is 402 g/mol. The van der Waals surface area contributed by atoms with Crippen molar-refractivity contribution in [2.75, 3.05) is 13.2 Å². The lowest BCUT2D eigenvalue weighted by molar-refractivity contribution is -0.139. The van der Waals surface area contributed by atoms with Crippen molar-refractivity contribution in [1.29, 1.82) is 0 Å². The highest BCUT2D eigenvalue weighted by atomic mass is 16.5. The van der Waals surface area contributed by atoms with E-state index in [0.717, 1.165) is 16.7 Å². The van der Waals surface area contributed by atoms with Crippen LogP contribution in [0.15, 0.2) is 73.3 Å². The summed E-state index contributed by atoms with van der Waals surface area (Å²) in [5.74, 6) is -0.554. The molecule has 0 aromatic heterocycles. The summed E-state index contributed by atoms with van der Waals surface area (Å²) in [6.45, 7) is 13.9. The highest BCUT2D eigenvalue weighted by Gasteiger charge is 2.45. The Morgan fingerprint density at radius 1 is 1.12 bits per heavy atom. The second-order valence-electron chi connectivity index (χ2n) is 8.14. The topological polar surface area (TPSA) is 66.8 Å². The number of Topliss-reactive ketones (excluding diaryl/α,β-unsaturated/α-hetero) is 1. The molecule has 5 nitrogen and oxygen atoms in total. The first-order chi connectivity index (χ1) is 15.3. The van der Waals surface area contributed by atoms with Gasteiger partial charge in [-0.05, 0) is 47.7 Å². The maximum Gasteiger partial charge on any atom is 0.295 e. The van der Waals surface area contributed by atoms with E-state index in [1.54, 1.807) is 30.4 Å². The zero-order chi connectivity index (χ0) is 23.4. The molecule has 1 aliphatic rings. The number of hydrogen-bond donors (Lipinski definition) is 1. The fourth-order valence-corrected chi connectivity index (χ4v) is 3.91. The Labute approximate surface area is 189 Å². The second kappa shape index (κ2) is 9.69. The minimum Gasteiger partial charge on any atom is -0.507 e. The van der Waals surface area contributed by atoms with Gasteiger partial charge in [-0.15, -0.1) is 6.58 Å². The van der Waals surface area contributed by atoms with Crippen molar-refractivity contribution in [1.82, 2.24) is 4.90 Å². The van der Waals surface area contributed by atoms with Crippen molar-refractivity contribution in [3.63, 3.8) is 0 Å². The number of likely N-dealkylation sites (tertiary alicyclic amines) is 1. The van der Waals surface area contributed by atoms with Crippen LogP contribution in [0.5, 0.6) is 5.75 Å². The van der Waals surface area contributed by atoms with Crippen LogP contribution in [-0.2, 0) is 9.59 Å². The molecule has 0 spiro atoms. The molecule has 3 rings (SSSR count). The largest absolute Gasteiger partial charge is 0.507 e. The fourth-order valence-electron chi connectivity index (χ4n) is 3.91. The number of benzene rings is 2. The molecule has 1 aliphatic heterocycles. The molecule has 0 bridgehead atoms. The number of aryl methyl sites for hydroxylation is 1. The van der Waals surface area contributed by atoms with Crippen LogP contribution in [0.3, 0.4) is 0 Å². The third-order valence-electron chi connectivity index (χ3n) is 5.61. The van der Waals surface area contributed by atoms with E-state index in [4.69, 9.17) is 4.74 Å². The molecule has 1 unspecified atom stereocenters. The molecule has 166 valence electrons. The predicted molar refractivity (Wildman–Crippen MR) is 127 cm³/mol. The van der Waals surface area contributed by atoms with Gasteiger partial charge in [-0.2, -0.15) is 0 Å². The summed E-state index contributed by atoms with van der Waals surface area (Å²) in [6.07, 6.45) is 3.23. The van der Waals surface area contributed by atoms with Crippen LogP contribution in [0, 0.1) is 6.92 Å². The van der Waals surface area contributed by atoms with Gasteiger partial charge < -0.3 is 14.7 Å². The number of carbonyl (C=O) groups excluding carboxylic acids is 2. The predicted octanol–water partition coefficient (Wildman–Crippen LogP) is 5.29. The normalized spacial score (nSPS) is 17.6. The lowest BCUT2D eigenvalue weighted by atomic mass is 9.92. The van der Waals surface area contributed by atoms with E-state index in [1.807, 2.05) is 31.2 Å². The van der Waals surface area contributed by atoms with Gasteiger partial charge in [-0.25, -0.2) is 0 Å². The quantitative estimate of drug-likeness (QED) is 0.267. The Hall–Kier alpha value is -3.60. The highest BCUT2D eigenvalue weighted by Crippen LogP contribution is 2.40. The Bertz CT molecular complexity index is 1080. The average molecular weight is 432 g/mol. The lowest BCUT2D eigenvalue weighted by Crippen LogP contribution is -2.29. The third-order valence-corrected chi connectivity index (χ3v) is 5.61. The van der Waals surface area contributed by atoms with E-state index in [9.17, 15) is 14.7 Å². The zero-order valence-corrected chi connectivity index (χ0v) is 18.8. The SMILES string of the molecule is C=CCOc1ccc(C(O)=C2C(=O)C(=O)N(CC=C)C2c2ccc(C(C)C)cc2)c(C)c1. The highest BCUT2D eigenvalue weighted by molar-refractivity contribution is 6.46. The number of nitrogens with zero attached hydrogens (tertiary/aromatic N) is 1. The van der Waals surface area contributed by atoms with Crippen molar-refractivity contribution >= 4 is 17.4 Å². The molecule has 5 heteroatoms. The standard InChI is InChI=1S/C27H29NO4/c1-6-14-28-24(20-10-8-19(9-11-20)17(3)4)23(26(30)27(28)31)25(29)22-13-12-21(16-18(22)5)32-15-7-2/h6-13,16-17,24,29H,1-2,14-15H2,3-5H3. The average Bonchev–Trinajstić information content (AvgIpc) is 3.02. The van der Waals surface area contributed by atoms with Gasteiger partial charge in [-0.1, -0.05) is 56.8 Å². The van der Waals surface area contributed by atoms with E-state index in [0.29, 0.717) is 23.8 Å². The van der Waals surface area contributed by atoms with Crippen molar-refractivity contribution < 1.29 is 19.4 Å². The van der Waals surface area contributed by atoms with Crippen LogP contribution in [0.25, 0.3) is 5.76 Å². The van der Waals surface area contributed by atoms with E-state index in [1.165, 1.54) is 4.90 Å². The summed E-state index contributed by atoms with van der Waals surface area (Å²) in [6, 6.07) is 12.3. The van der Waals surface area contributed by atoms with Gasteiger partial charge >= 0.3 is 0 Å². The number of carbonyl (C=O) groups is 2. The molecule has 1 amide bonds. The lowest BCUT2D eigenvalue weighted by Gasteiger charge is -2.24. The molecule has 32 heavy (non-hydrogen) atoms. The van der Waals surface area contributed by atoms with Gasteiger partial charge in [0.15, 0.2) is 0 Å². The molecule has 2 aromatic rings. The Morgan fingerprint density at radius 2 is 1.81 bits per heavy atom. The maximum absolute atomic E-state index is 13.0. The van der Waals surface area contributed by atoms with E-state index < -0.39 is 17.7 Å². The zero-order valence-electron chi connectivity index (χ0n) is 18.8. The molecule has 2 aromatic carbocycles. The van der Waals surface area contributed by atoms with Crippen molar-refractivity contribution in [3.05, 3.63) is 95.6 Å². The van der Waals surface area contributed by atoms with Crippen LogP contribution in [0.1, 0.15) is 48.1 Å². The van der Waals surface area contributed by atoms with Gasteiger partial charge in [-0.3, -0.25) is 9.59 Å². The van der Waals surface area contributed by atoms with E-state index in [2.05, 4.69) is 27.0 Å². The fraction of sp³-hybridized carbons (Fsp3) is 0.259. The van der Waals surface area contributed by atoms with Gasteiger partial charge in [0.05, 0.1) is 11.6 Å². The number of ether oxygens (including phenoxy) is 1. The van der Waals surface area contributed by atoms with Crippen molar-refractivity contribution in [2.24, 2.45) is 0 Å². The van der Waals surface area contributed by atoms with Crippen LogP contribution in [0.2, 0.25) is 0 Å². The third kappa shape index (κ3) is 4.37. The second-order valence-corrected chi connectivity index (χ2v) is 8.14. The van der Waals surface area contributed by atoms with Gasteiger partial charge in [0, 0.05) is 12.1 Å². The molecule has 1 fully saturated rings. The Morgan fingerprint density at radius 3 is 2.38 bits per heavy atom. The van der Waals surface area contributed by atoms with Crippen LogP contribution < -0.4 is 4.74 Å².